The first kappa shape index (κ1) is 19.4. The molecule has 2 aliphatic rings. The van der Waals surface area contributed by atoms with Gasteiger partial charge >= 0.3 is 0 Å². The minimum atomic E-state index is 0.378. The van der Waals surface area contributed by atoms with Crippen LogP contribution in [0.15, 0.2) is 22.7 Å². The number of aromatic nitrogens is 2. The quantitative estimate of drug-likeness (QED) is 0.663. The second kappa shape index (κ2) is 7.91. The van der Waals surface area contributed by atoms with Gasteiger partial charge in [-0.25, -0.2) is 4.98 Å². The predicted octanol–water partition coefficient (Wildman–Crippen LogP) is 4.93. The van der Waals surface area contributed by atoms with Gasteiger partial charge in [0, 0.05) is 41.7 Å². The standard InChI is InChI=1S/C24H30N4O2/c1-15-23(16(2)30-27-15)19-13-17-12-18(20-8-7-9-25-20)24(28-10-5-4-6-11-28)26-21(17)14-22(19)29-3/h12-14,20,25H,4-11H2,1-3H3. The van der Waals surface area contributed by atoms with Crippen LogP contribution in [-0.2, 0) is 0 Å². The topological polar surface area (TPSA) is 63.4 Å². The van der Waals surface area contributed by atoms with Gasteiger partial charge < -0.3 is 19.5 Å². The fourth-order valence-electron chi connectivity index (χ4n) is 5.01. The van der Waals surface area contributed by atoms with Crippen LogP contribution < -0.4 is 15.0 Å². The molecule has 1 atom stereocenters. The van der Waals surface area contributed by atoms with Crippen molar-refractivity contribution in [1.29, 1.82) is 0 Å². The van der Waals surface area contributed by atoms with Crippen molar-refractivity contribution in [3.63, 3.8) is 0 Å². The molecular weight excluding hydrogens is 376 g/mol. The third kappa shape index (κ3) is 3.33. The molecule has 0 bridgehead atoms. The normalized spacial score (nSPS) is 19.6. The van der Waals surface area contributed by atoms with Gasteiger partial charge in [-0.2, -0.15) is 0 Å². The molecule has 5 rings (SSSR count). The van der Waals surface area contributed by atoms with E-state index in [2.05, 4.69) is 33.6 Å². The number of anilines is 1. The first-order valence-corrected chi connectivity index (χ1v) is 11.1. The Morgan fingerprint density at radius 1 is 1.10 bits per heavy atom. The van der Waals surface area contributed by atoms with Crippen LogP contribution in [0.1, 0.15) is 55.2 Å². The van der Waals surface area contributed by atoms with Crippen LogP contribution in [0, 0.1) is 13.8 Å². The molecule has 3 aromatic rings. The van der Waals surface area contributed by atoms with Crippen molar-refractivity contribution in [3.05, 3.63) is 35.2 Å². The number of hydrogen-bond donors (Lipinski definition) is 1. The molecule has 0 aliphatic carbocycles. The third-order valence-corrected chi connectivity index (χ3v) is 6.54. The van der Waals surface area contributed by atoms with Gasteiger partial charge in [-0.3, -0.25) is 0 Å². The Bertz CT molecular complexity index is 1040. The summed E-state index contributed by atoms with van der Waals surface area (Å²) in [4.78, 5) is 7.67. The van der Waals surface area contributed by atoms with Crippen molar-refractivity contribution >= 4 is 16.7 Å². The van der Waals surface area contributed by atoms with E-state index in [-0.39, 0.29) is 0 Å². The van der Waals surface area contributed by atoms with E-state index in [1.165, 1.54) is 37.7 Å². The van der Waals surface area contributed by atoms with Gasteiger partial charge in [0.15, 0.2) is 0 Å². The molecule has 6 nitrogen and oxygen atoms in total. The molecule has 1 N–H and O–H groups in total. The van der Waals surface area contributed by atoms with Crippen molar-refractivity contribution in [2.45, 2.75) is 52.0 Å². The van der Waals surface area contributed by atoms with Crippen molar-refractivity contribution < 1.29 is 9.26 Å². The van der Waals surface area contributed by atoms with E-state index < -0.39 is 0 Å². The van der Waals surface area contributed by atoms with Gasteiger partial charge in [0.05, 0.1) is 23.9 Å². The summed E-state index contributed by atoms with van der Waals surface area (Å²) >= 11 is 0. The second-order valence-electron chi connectivity index (χ2n) is 8.54. The fraction of sp³-hybridized carbons (Fsp3) is 0.500. The number of aryl methyl sites for hydroxylation is 2. The molecule has 6 heteroatoms. The summed E-state index contributed by atoms with van der Waals surface area (Å²) in [5.74, 6) is 2.76. The van der Waals surface area contributed by atoms with E-state index in [1.54, 1.807) is 7.11 Å². The Morgan fingerprint density at radius 2 is 1.93 bits per heavy atom. The number of fused-ring (bicyclic) bond motifs is 1. The molecule has 1 aromatic carbocycles. The number of piperidine rings is 1. The largest absolute Gasteiger partial charge is 0.496 e. The molecule has 2 aromatic heterocycles. The van der Waals surface area contributed by atoms with E-state index in [0.717, 1.165) is 64.7 Å². The fourth-order valence-corrected chi connectivity index (χ4v) is 5.01. The lowest BCUT2D eigenvalue weighted by Gasteiger charge is -2.31. The van der Waals surface area contributed by atoms with Crippen molar-refractivity contribution in [2.24, 2.45) is 0 Å². The summed E-state index contributed by atoms with van der Waals surface area (Å²) in [5, 5.41) is 8.96. The van der Waals surface area contributed by atoms with Crippen LogP contribution in [-0.4, -0.2) is 36.9 Å². The number of benzene rings is 1. The molecule has 4 heterocycles. The maximum absolute atomic E-state index is 5.77. The van der Waals surface area contributed by atoms with Crippen LogP contribution >= 0.6 is 0 Å². The van der Waals surface area contributed by atoms with Crippen LogP contribution in [0.2, 0.25) is 0 Å². The first-order valence-electron chi connectivity index (χ1n) is 11.1. The third-order valence-electron chi connectivity index (χ3n) is 6.54. The summed E-state index contributed by atoms with van der Waals surface area (Å²) < 4.78 is 11.2. The average molecular weight is 407 g/mol. The van der Waals surface area contributed by atoms with Crippen LogP contribution in [0.25, 0.3) is 22.0 Å². The molecular formula is C24H30N4O2. The second-order valence-corrected chi connectivity index (χ2v) is 8.54. The Balaban J connectivity index is 1.70. The van der Waals surface area contributed by atoms with Gasteiger partial charge in [-0.05, 0) is 64.6 Å². The molecule has 1 unspecified atom stereocenters. The predicted molar refractivity (Wildman–Crippen MR) is 119 cm³/mol. The number of nitrogens with zero attached hydrogens (tertiary/aromatic N) is 3. The van der Waals surface area contributed by atoms with Crippen molar-refractivity contribution in [1.82, 2.24) is 15.5 Å². The van der Waals surface area contributed by atoms with E-state index in [0.29, 0.717) is 6.04 Å². The molecule has 158 valence electrons. The highest BCUT2D eigenvalue weighted by molar-refractivity contribution is 5.91. The van der Waals surface area contributed by atoms with E-state index in [4.69, 9.17) is 14.2 Å². The number of pyridine rings is 1. The summed E-state index contributed by atoms with van der Waals surface area (Å²) in [6, 6.07) is 6.97. The molecule has 0 amide bonds. The number of methoxy groups -OCH3 is 1. The van der Waals surface area contributed by atoms with Gasteiger partial charge in [0.1, 0.15) is 17.3 Å². The smallest absolute Gasteiger partial charge is 0.141 e. The number of hydrogen-bond acceptors (Lipinski definition) is 6. The van der Waals surface area contributed by atoms with Crippen LogP contribution in [0.3, 0.4) is 0 Å². The molecule has 0 spiro atoms. The minimum Gasteiger partial charge on any atom is -0.496 e. The number of nitrogens with one attached hydrogen (secondary N) is 1. The van der Waals surface area contributed by atoms with Crippen molar-refractivity contribution in [3.8, 4) is 16.9 Å². The highest BCUT2D eigenvalue weighted by Gasteiger charge is 2.26. The first-order chi connectivity index (χ1) is 14.7. The van der Waals surface area contributed by atoms with E-state index in [9.17, 15) is 0 Å². The molecule has 0 radical (unpaired) electrons. The van der Waals surface area contributed by atoms with Gasteiger partial charge in [0.2, 0.25) is 0 Å². The summed E-state index contributed by atoms with van der Waals surface area (Å²) in [6.07, 6.45) is 6.18. The Morgan fingerprint density at radius 3 is 2.60 bits per heavy atom. The zero-order chi connectivity index (χ0) is 20.7. The number of ether oxygens (including phenoxy) is 1. The highest BCUT2D eigenvalue weighted by atomic mass is 16.5. The lowest BCUT2D eigenvalue weighted by molar-refractivity contribution is 0.393. The Labute approximate surface area is 177 Å². The van der Waals surface area contributed by atoms with Crippen LogP contribution in [0.4, 0.5) is 5.82 Å². The summed E-state index contributed by atoms with van der Waals surface area (Å²) in [6.45, 7) is 7.18. The minimum absolute atomic E-state index is 0.378. The summed E-state index contributed by atoms with van der Waals surface area (Å²) in [5.41, 5.74) is 5.20. The maximum atomic E-state index is 5.77. The molecule has 2 aliphatic heterocycles. The molecule has 2 fully saturated rings. The summed E-state index contributed by atoms with van der Waals surface area (Å²) in [7, 11) is 1.71. The number of rotatable bonds is 4. The van der Waals surface area contributed by atoms with Gasteiger partial charge in [0.25, 0.3) is 0 Å². The van der Waals surface area contributed by atoms with Crippen molar-refractivity contribution in [2.75, 3.05) is 31.6 Å². The van der Waals surface area contributed by atoms with Gasteiger partial charge in [-0.1, -0.05) is 5.16 Å². The molecule has 0 saturated carbocycles. The lowest BCUT2D eigenvalue weighted by Crippen LogP contribution is -2.32. The van der Waals surface area contributed by atoms with E-state index in [1.807, 2.05) is 13.8 Å². The lowest BCUT2D eigenvalue weighted by atomic mass is 9.97. The zero-order valence-electron chi connectivity index (χ0n) is 18.1. The van der Waals surface area contributed by atoms with Gasteiger partial charge in [-0.15, -0.1) is 0 Å². The maximum Gasteiger partial charge on any atom is 0.141 e. The Kier molecular flexibility index (Phi) is 5.11. The zero-order valence-corrected chi connectivity index (χ0v) is 18.1. The Hall–Kier alpha value is -2.60. The SMILES string of the molecule is COc1cc2nc(N3CCCCC3)c(C3CCCN3)cc2cc1-c1c(C)noc1C. The highest BCUT2D eigenvalue weighted by Crippen LogP contribution is 2.40. The average Bonchev–Trinajstić information content (AvgIpc) is 3.42. The monoisotopic (exact) mass is 406 g/mol. The molecule has 30 heavy (non-hydrogen) atoms. The molecule has 2 saturated heterocycles. The van der Waals surface area contributed by atoms with E-state index >= 15 is 0 Å². The van der Waals surface area contributed by atoms with Crippen LogP contribution in [0.5, 0.6) is 5.75 Å².